The zero-order chi connectivity index (χ0) is 16.0. The van der Waals surface area contributed by atoms with Gasteiger partial charge in [0.2, 0.25) is 0 Å². The first-order valence-electron chi connectivity index (χ1n) is 7.94. The highest BCUT2D eigenvalue weighted by molar-refractivity contribution is 7.84. The Morgan fingerprint density at radius 3 is 2.59 bits per heavy atom. The molecule has 2 fully saturated rings. The topological polar surface area (TPSA) is 38.7 Å². The number of fused-ring (bicyclic) bond motifs is 2. The maximum atomic E-state index is 12.8. The van der Waals surface area contributed by atoms with E-state index in [4.69, 9.17) is 4.74 Å². The summed E-state index contributed by atoms with van der Waals surface area (Å²) in [6.45, 7) is 6.89. The maximum Gasteiger partial charge on any atom is 0.145 e. The predicted octanol–water partition coefficient (Wildman–Crippen LogP) is 3.61. The zero-order valence-corrected chi connectivity index (χ0v) is 14.6. The summed E-state index contributed by atoms with van der Waals surface area (Å²) < 4.78 is 23.0. The van der Waals surface area contributed by atoms with Crippen molar-refractivity contribution >= 4 is 17.2 Å². The number of ether oxygens (including phenoxy) is 1. The monoisotopic (exact) mass is 319 g/mol. The van der Waals surface area contributed by atoms with E-state index in [-0.39, 0.29) is 22.2 Å². The van der Waals surface area contributed by atoms with Crippen molar-refractivity contribution in [2.75, 3.05) is 7.11 Å². The second kappa shape index (κ2) is 5.57. The van der Waals surface area contributed by atoms with E-state index < -0.39 is 11.0 Å². The first-order chi connectivity index (χ1) is 10.4. The fourth-order valence-electron chi connectivity index (χ4n) is 4.58. The molecule has 3 rings (SSSR count). The lowest BCUT2D eigenvalue weighted by Gasteiger charge is -2.38. The Bertz CT molecular complexity index is 598. The van der Waals surface area contributed by atoms with Crippen LogP contribution < -0.4 is 0 Å². The summed E-state index contributed by atoms with van der Waals surface area (Å²) in [5.41, 5.74) is 1.23. The molecule has 0 saturated heterocycles. The Labute approximate surface area is 135 Å². The van der Waals surface area contributed by atoms with Crippen LogP contribution in [0, 0.1) is 16.7 Å². The third-order valence-electron chi connectivity index (χ3n) is 6.29. The van der Waals surface area contributed by atoms with Crippen molar-refractivity contribution in [3.63, 3.8) is 0 Å². The standard InChI is InChI=1S/C18H25NO2S/c1-17(2)14-10-11-18(17,3)16(21-4)15(14)22(20)19-12-13-8-6-5-7-9-13/h5-9,12,14-16H,10-11H2,1-4H3/b19-12+/t14-,15-,16-,18+,22-/m1/s1. The molecular formula is C18H25NO2S. The fraction of sp³-hybridized carbons (Fsp3) is 0.611. The molecular weight excluding hydrogens is 294 g/mol. The van der Waals surface area contributed by atoms with Crippen molar-refractivity contribution in [3.8, 4) is 0 Å². The van der Waals surface area contributed by atoms with Gasteiger partial charge in [-0.05, 0) is 29.7 Å². The second-order valence-electron chi connectivity index (χ2n) is 7.33. The van der Waals surface area contributed by atoms with Crippen LogP contribution in [0.15, 0.2) is 34.7 Å². The zero-order valence-electron chi connectivity index (χ0n) is 13.8. The minimum absolute atomic E-state index is 0.00119. The van der Waals surface area contributed by atoms with Crippen LogP contribution in [0.5, 0.6) is 0 Å². The number of hydrogen-bond acceptors (Lipinski definition) is 2. The highest BCUT2D eigenvalue weighted by Crippen LogP contribution is 2.67. The molecule has 0 amide bonds. The third kappa shape index (κ3) is 2.19. The van der Waals surface area contributed by atoms with Gasteiger partial charge in [-0.15, -0.1) is 0 Å². The molecule has 1 aromatic carbocycles. The Morgan fingerprint density at radius 1 is 1.27 bits per heavy atom. The summed E-state index contributed by atoms with van der Waals surface area (Å²) in [4.78, 5) is 0. The van der Waals surface area contributed by atoms with Crippen LogP contribution in [0.2, 0.25) is 0 Å². The molecule has 4 heteroatoms. The van der Waals surface area contributed by atoms with Crippen molar-refractivity contribution in [1.29, 1.82) is 0 Å². The minimum Gasteiger partial charge on any atom is -0.380 e. The average Bonchev–Trinajstić information content (AvgIpc) is 2.84. The van der Waals surface area contributed by atoms with Crippen molar-refractivity contribution in [3.05, 3.63) is 35.9 Å². The molecule has 0 N–H and O–H groups in total. The number of nitrogens with zero attached hydrogens (tertiary/aromatic N) is 1. The Hall–Kier alpha value is -1.00. The molecule has 2 aliphatic rings. The van der Waals surface area contributed by atoms with E-state index in [0.717, 1.165) is 18.4 Å². The summed E-state index contributed by atoms with van der Waals surface area (Å²) in [5.74, 6) is 0.413. The van der Waals surface area contributed by atoms with Gasteiger partial charge in [0.25, 0.3) is 0 Å². The van der Waals surface area contributed by atoms with E-state index in [1.807, 2.05) is 30.3 Å². The second-order valence-corrected chi connectivity index (χ2v) is 8.63. The Kier molecular flexibility index (Phi) is 4.02. The van der Waals surface area contributed by atoms with Gasteiger partial charge in [0, 0.05) is 18.7 Å². The van der Waals surface area contributed by atoms with Gasteiger partial charge < -0.3 is 4.74 Å². The molecule has 120 valence electrons. The van der Waals surface area contributed by atoms with Crippen LogP contribution in [-0.2, 0) is 15.7 Å². The van der Waals surface area contributed by atoms with E-state index in [1.54, 1.807) is 13.3 Å². The molecule has 0 aromatic heterocycles. The van der Waals surface area contributed by atoms with Crippen molar-refractivity contribution in [2.24, 2.45) is 21.1 Å². The average molecular weight is 319 g/mol. The van der Waals surface area contributed by atoms with Crippen LogP contribution in [0.1, 0.15) is 39.2 Å². The van der Waals surface area contributed by atoms with Crippen LogP contribution >= 0.6 is 0 Å². The van der Waals surface area contributed by atoms with Gasteiger partial charge in [-0.1, -0.05) is 51.1 Å². The van der Waals surface area contributed by atoms with Crippen LogP contribution in [0.3, 0.4) is 0 Å². The molecule has 5 atom stereocenters. The molecule has 3 nitrogen and oxygen atoms in total. The van der Waals surface area contributed by atoms with Gasteiger partial charge >= 0.3 is 0 Å². The van der Waals surface area contributed by atoms with Gasteiger partial charge in [-0.2, -0.15) is 4.40 Å². The molecule has 2 saturated carbocycles. The van der Waals surface area contributed by atoms with Gasteiger partial charge in [0.05, 0.1) is 11.4 Å². The largest absolute Gasteiger partial charge is 0.380 e. The summed E-state index contributed by atoms with van der Waals surface area (Å²) >= 11 is 0. The van der Waals surface area contributed by atoms with Gasteiger partial charge in [0.15, 0.2) is 0 Å². The van der Waals surface area contributed by atoms with Crippen molar-refractivity contribution in [1.82, 2.24) is 0 Å². The molecule has 0 spiro atoms. The molecule has 0 unspecified atom stereocenters. The Balaban J connectivity index is 1.85. The number of hydrogen-bond donors (Lipinski definition) is 0. The van der Waals surface area contributed by atoms with Gasteiger partial charge in [0.1, 0.15) is 11.0 Å². The maximum absolute atomic E-state index is 12.8. The van der Waals surface area contributed by atoms with E-state index in [9.17, 15) is 4.21 Å². The summed E-state index contributed by atoms with van der Waals surface area (Å²) in [6, 6.07) is 9.84. The normalized spacial score (nSPS) is 37.7. The predicted molar refractivity (Wildman–Crippen MR) is 91.4 cm³/mol. The van der Waals surface area contributed by atoms with E-state index in [0.29, 0.717) is 5.92 Å². The first-order valence-corrected chi connectivity index (χ1v) is 9.11. The molecule has 2 bridgehead atoms. The summed E-state index contributed by atoms with van der Waals surface area (Å²) in [7, 11) is 0.494. The van der Waals surface area contributed by atoms with Gasteiger partial charge in [-0.25, -0.2) is 4.21 Å². The first kappa shape index (κ1) is 15.9. The smallest absolute Gasteiger partial charge is 0.145 e. The molecule has 0 aliphatic heterocycles. The lowest BCUT2D eigenvalue weighted by atomic mass is 9.70. The Morgan fingerprint density at radius 2 is 1.95 bits per heavy atom. The number of rotatable bonds is 4. The molecule has 1 aromatic rings. The lowest BCUT2D eigenvalue weighted by Crippen LogP contribution is -2.42. The van der Waals surface area contributed by atoms with Gasteiger partial charge in [-0.3, -0.25) is 0 Å². The summed E-state index contributed by atoms with van der Waals surface area (Å²) in [5, 5.41) is -0.00119. The molecule has 0 heterocycles. The molecule has 2 aliphatic carbocycles. The fourth-order valence-corrected chi connectivity index (χ4v) is 6.33. The van der Waals surface area contributed by atoms with Crippen molar-refractivity contribution in [2.45, 2.75) is 45.0 Å². The highest BCUT2D eigenvalue weighted by Gasteiger charge is 2.68. The van der Waals surface area contributed by atoms with E-state index >= 15 is 0 Å². The quantitative estimate of drug-likeness (QED) is 0.795. The molecule has 0 radical (unpaired) electrons. The van der Waals surface area contributed by atoms with E-state index in [2.05, 4.69) is 25.2 Å². The summed E-state index contributed by atoms with van der Waals surface area (Å²) in [6.07, 6.45) is 4.03. The van der Waals surface area contributed by atoms with E-state index in [1.165, 1.54) is 0 Å². The van der Waals surface area contributed by atoms with Crippen LogP contribution in [0.25, 0.3) is 0 Å². The SMILES string of the molecule is CO[C@@H]1[C@H]([S@@](=O)/N=C/c2ccccc2)[C@H]2CC[C@]1(C)C2(C)C. The number of methoxy groups -OCH3 is 1. The highest BCUT2D eigenvalue weighted by atomic mass is 32.2. The van der Waals surface area contributed by atoms with Crippen LogP contribution in [0.4, 0.5) is 0 Å². The molecule has 22 heavy (non-hydrogen) atoms. The lowest BCUT2D eigenvalue weighted by molar-refractivity contribution is -0.0181. The van der Waals surface area contributed by atoms with Crippen LogP contribution in [-0.4, -0.2) is 28.9 Å². The number of benzene rings is 1. The third-order valence-corrected chi connectivity index (χ3v) is 7.64. The minimum atomic E-state index is -1.25. The van der Waals surface area contributed by atoms with Crippen molar-refractivity contribution < 1.29 is 8.95 Å².